The van der Waals surface area contributed by atoms with Gasteiger partial charge in [0.2, 0.25) is 16.6 Å². The first-order valence-corrected chi connectivity index (χ1v) is 26.8. The maximum absolute atomic E-state index is 11.4. The Bertz CT molecular complexity index is 1520. The Morgan fingerprint density at radius 1 is 0.607 bits per heavy atom. The van der Waals surface area contributed by atoms with Crippen molar-refractivity contribution in [2.45, 2.75) is 168 Å². The number of benzene rings is 2. The molecule has 16 heteroatoms. The predicted molar refractivity (Wildman–Crippen MR) is 224 cm³/mol. The van der Waals surface area contributed by atoms with Gasteiger partial charge < -0.3 is 19.1 Å². The summed E-state index contributed by atoms with van der Waals surface area (Å²) in [6.45, 7) is 26.2. The van der Waals surface area contributed by atoms with Crippen LogP contribution in [-0.4, -0.2) is 51.4 Å². The van der Waals surface area contributed by atoms with E-state index in [-0.39, 0.29) is 51.5 Å². The fourth-order valence-electron chi connectivity index (χ4n) is 6.94. The van der Waals surface area contributed by atoms with E-state index < -0.39 is 24.4 Å². The minimum Gasteiger partial charge on any atom is 0 e. The van der Waals surface area contributed by atoms with Gasteiger partial charge in [-0.15, -0.1) is 0 Å². The summed E-state index contributed by atoms with van der Waals surface area (Å²) in [4.78, 5) is 10.2. The molecule has 0 spiro atoms. The number of phenols is 2. The molecule has 3 rings (SSSR count). The van der Waals surface area contributed by atoms with Gasteiger partial charge >= 0.3 is 33.0 Å². The van der Waals surface area contributed by atoms with Gasteiger partial charge in [-0.05, 0) is 84.2 Å². The second kappa shape index (κ2) is 18.9. The summed E-state index contributed by atoms with van der Waals surface area (Å²) in [6.07, 6.45) is 7.73. The molecule has 2 aromatic carbocycles. The minimum absolute atomic E-state index is 0. The largest absolute Gasteiger partial charge is 0 e. The number of hydrogen-bond donors (Lipinski definition) is 2. The molecule has 1 aliphatic carbocycles. The average molecular weight is 895 g/mol. The summed E-state index contributed by atoms with van der Waals surface area (Å²) in [6, 6.07) is 14.3. The molecule has 1 fully saturated rings. The number of aromatic hydroxyl groups is 2. The Morgan fingerprint density at radius 2 is 0.875 bits per heavy atom. The molecule has 0 aromatic heterocycles. The second-order valence-electron chi connectivity index (χ2n) is 16.9. The van der Waals surface area contributed by atoms with Crippen molar-refractivity contribution in [3.8, 4) is 23.0 Å². The van der Waals surface area contributed by atoms with E-state index in [0.29, 0.717) is 11.1 Å². The van der Waals surface area contributed by atoms with Gasteiger partial charge in [0.05, 0.1) is 12.1 Å². The molecule has 1 aliphatic rings. The molecule has 0 amide bonds. The van der Waals surface area contributed by atoms with Crippen LogP contribution in [0.15, 0.2) is 34.3 Å². The van der Waals surface area contributed by atoms with Crippen LogP contribution in [0.5, 0.6) is 23.0 Å². The van der Waals surface area contributed by atoms with Crippen LogP contribution in [0.1, 0.15) is 131 Å². The summed E-state index contributed by atoms with van der Waals surface area (Å²) in [5, 5.41) is 22.9. The second-order valence-corrected chi connectivity index (χ2v) is 28.2. The van der Waals surface area contributed by atoms with Crippen molar-refractivity contribution in [3.05, 3.63) is 46.5 Å². The van der Waals surface area contributed by atoms with Crippen molar-refractivity contribution >= 4 is 36.9 Å². The third-order valence-corrected chi connectivity index (χ3v) is 20.0. The maximum atomic E-state index is 11.4. The quantitative estimate of drug-likeness (QED) is 0.0856. The SMILES string of the molecule is CC[Si](CC)(CC)Oc1cc(C=NC2CCCCC2N=Cc2cc(O[Si](CC)(CC)CC)cc(C(C)(C)C)c2O)c(O)c(C(C)(C)C)c1.F[P-](F)(F)(F)(F)F.[Mn]. The van der Waals surface area contributed by atoms with Gasteiger partial charge in [0, 0.05) is 51.8 Å². The molecule has 1 saturated carbocycles. The van der Waals surface area contributed by atoms with Crippen molar-refractivity contribution in [1.29, 1.82) is 0 Å². The summed E-state index contributed by atoms with van der Waals surface area (Å²) in [7, 11) is -14.5. The van der Waals surface area contributed by atoms with E-state index in [2.05, 4.69) is 83.1 Å². The summed E-state index contributed by atoms with van der Waals surface area (Å²) in [5.41, 5.74) is 2.64. The molecular weight excluding hydrogens is 829 g/mol. The minimum atomic E-state index is -10.7. The van der Waals surface area contributed by atoms with Gasteiger partial charge in [-0.2, -0.15) is 0 Å². The van der Waals surface area contributed by atoms with Crippen LogP contribution < -0.4 is 8.85 Å². The Labute approximate surface area is 344 Å². The average Bonchev–Trinajstić information content (AvgIpc) is 3.07. The molecule has 2 unspecified atom stereocenters. The topological polar surface area (TPSA) is 83.6 Å². The fraction of sp³-hybridized carbons (Fsp3) is 0.650. The van der Waals surface area contributed by atoms with E-state index in [1.807, 2.05) is 36.7 Å². The first-order valence-electron chi connectivity index (χ1n) is 19.7. The van der Waals surface area contributed by atoms with E-state index in [9.17, 15) is 35.4 Å². The van der Waals surface area contributed by atoms with Gasteiger partial charge in [-0.3, -0.25) is 9.98 Å². The standard InChI is InChI=1S/C40H66N2O4Si2.F6P.Mn/c1-13-47(14-2,15-3)45-31-23-29(37(43)33(25-31)39(7,8)9)27-41-35-21-19-20-22-36(35)42-28-30-24-32(46-48(16-4,17-5)18-6)26-34(38(30)44)40(10,11)12;1-7(2,3,4,5)6;/h23-28,35-36,43-44H,13-22H2,1-12H3;;/q;-1;. The third-order valence-electron chi connectivity index (χ3n) is 10.9. The number of nitrogens with zero attached hydrogens (tertiary/aromatic N) is 2. The van der Waals surface area contributed by atoms with Crippen LogP contribution in [0, 0.1) is 0 Å². The summed E-state index contributed by atoms with van der Waals surface area (Å²) >= 11 is 0. The number of aliphatic imine (C=N–C) groups is 2. The molecule has 0 heterocycles. The zero-order valence-corrected chi connectivity index (χ0v) is 39.5. The van der Waals surface area contributed by atoms with E-state index in [4.69, 9.17) is 18.8 Å². The van der Waals surface area contributed by atoms with Gasteiger partial charge in [0.15, 0.2) is 0 Å². The first kappa shape index (κ1) is 52.0. The number of rotatable bonds is 14. The maximum Gasteiger partial charge on any atom is 0 e. The van der Waals surface area contributed by atoms with Crippen molar-refractivity contribution in [2.24, 2.45) is 9.98 Å². The Morgan fingerprint density at radius 3 is 1.11 bits per heavy atom. The van der Waals surface area contributed by atoms with E-state index >= 15 is 0 Å². The zero-order valence-electron chi connectivity index (χ0n) is 35.4. The molecule has 56 heavy (non-hydrogen) atoms. The van der Waals surface area contributed by atoms with Crippen molar-refractivity contribution in [2.75, 3.05) is 0 Å². The summed E-state index contributed by atoms with van der Waals surface area (Å²) < 4.78 is 72.8. The molecule has 2 aromatic rings. The molecule has 0 aliphatic heterocycles. The molecule has 2 atom stereocenters. The van der Waals surface area contributed by atoms with Crippen molar-refractivity contribution in [3.63, 3.8) is 0 Å². The number of hydrogen-bond acceptors (Lipinski definition) is 6. The molecule has 0 saturated heterocycles. The van der Waals surface area contributed by atoms with E-state index in [0.717, 1.165) is 84.6 Å². The summed E-state index contributed by atoms with van der Waals surface area (Å²) in [5.74, 6) is 2.22. The molecule has 2 N–H and O–H groups in total. The van der Waals surface area contributed by atoms with Gasteiger partial charge in [-0.1, -0.05) is 95.9 Å². The Hall–Kier alpha value is -2.06. The molecule has 0 bridgehead atoms. The van der Waals surface area contributed by atoms with Gasteiger partial charge in [-0.25, -0.2) is 0 Å². The molecular formula is C40H66F6MnN2O4PSi2-. The van der Waals surface area contributed by atoms with Crippen LogP contribution in [0.3, 0.4) is 0 Å². The molecule has 323 valence electrons. The van der Waals surface area contributed by atoms with Gasteiger partial charge in [0.1, 0.15) is 23.0 Å². The molecule has 6 nitrogen and oxygen atoms in total. The number of phenolic OH excluding ortho intramolecular Hbond substituents is 2. The normalized spacial score (nSPS) is 18.5. The van der Waals surface area contributed by atoms with Crippen molar-refractivity contribution < 1.29 is 61.3 Å². The predicted octanol–water partition coefficient (Wildman–Crippen LogP) is 14.7. The monoisotopic (exact) mass is 894 g/mol. The van der Waals surface area contributed by atoms with Crippen LogP contribution in [-0.2, 0) is 27.9 Å². The van der Waals surface area contributed by atoms with Crippen LogP contribution in [0.25, 0.3) is 0 Å². The smallest absolute Gasteiger partial charge is 0 e. The number of halogens is 6. The third kappa shape index (κ3) is 16.3. The van der Waals surface area contributed by atoms with Crippen LogP contribution in [0.2, 0.25) is 36.3 Å². The Kier molecular flexibility index (Phi) is 17.5. The van der Waals surface area contributed by atoms with E-state index in [1.54, 1.807) is 0 Å². The van der Waals surface area contributed by atoms with Crippen molar-refractivity contribution in [1.82, 2.24) is 0 Å². The zero-order chi connectivity index (χ0) is 42.3. The Balaban J connectivity index is 0.00000178. The fourth-order valence-corrected chi connectivity index (χ4v) is 12.0. The van der Waals surface area contributed by atoms with Gasteiger partial charge in [0.25, 0.3) is 0 Å². The first-order chi connectivity index (χ1) is 25.0. The van der Waals surface area contributed by atoms with E-state index in [1.165, 1.54) is 0 Å². The molecule has 1 radical (unpaired) electrons. The van der Waals surface area contributed by atoms with Crippen LogP contribution in [0.4, 0.5) is 25.2 Å². The van der Waals surface area contributed by atoms with Crippen LogP contribution >= 0.6 is 7.81 Å².